The zero-order chi connectivity index (χ0) is 27.9. The van der Waals surface area contributed by atoms with E-state index >= 15 is 0 Å². The summed E-state index contributed by atoms with van der Waals surface area (Å²) in [5.41, 5.74) is 6.05. The standard InChI is InChI=1S/C31H27N3O6/c1-3-37-22-13-14-24-23(18-22)28(21-9-6-5-7-10-21)29(33-24)30(35)34-32-19-20-12-15-25(27(17-20)38-4-2)40-31(36)26-11-8-16-39-26/h5-19,33H,3-4H2,1-2H3,(H,34,35). The minimum absolute atomic E-state index is 0.0803. The molecule has 5 rings (SSSR count). The van der Waals surface area contributed by atoms with Crippen LogP contribution in [0.2, 0.25) is 0 Å². The van der Waals surface area contributed by atoms with Gasteiger partial charge >= 0.3 is 5.97 Å². The van der Waals surface area contributed by atoms with Gasteiger partial charge in [0, 0.05) is 16.5 Å². The van der Waals surface area contributed by atoms with Crippen LogP contribution in [0, 0.1) is 0 Å². The number of nitrogens with one attached hydrogen (secondary N) is 2. The molecule has 1 amide bonds. The van der Waals surface area contributed by atoms with Gasteiger partial charge in [0.25, 0.3) is 5.91 Å². The van der Waals surface area contributed by atoms with Gasteiger partial charge in [-0.1, -0.05) is 30.3 Å². The molecule has 0 aliphatic rings. The Hall–Kier alpha value is -5.31. The third kappa shape index (κ3) is 5.73. The van der Waals surface area contributed by atoms with E-state index < -0.39 is 11.9 Å². The number of rotatable bonds is 10. The molecule has 0 bridgehead atoms. The van der Waals surface area contributed by atoms with Crippen molar-refractivity contribution in [3.8, 4) is 28.4 Å². The number of esters is 1. The van der Waals surface area contributed by atoms with Crippen molar-refractivity contribution in [1.82, 2.24) is 10.4 Å². The third-order valence-electron chi connectivity index (χ3n) is 5.94. The van der Waals surface area contributed by atoms with E-state index in [0.29, 0.717) is 30.2 Å². The number of amides is 1. The number of aromatic nitrogens is 1. The molecule has 2 heterocycles. The molecular formula is C31H27N3O6. The fourth-order valence-corrected chi connectivity index (χ4v) is 4.23. The molecule has 0 atom stereocenters. The number of ether oxygens (including phenoxy) is 3. The lowest BCUT2D eigenvalue weighted by Crippen LogP contribution is -2.18. The molecular weight excluding hydrogens is 510 g/mol. The second-order valence-corrected chi connectivity index (χ2v) is 8.59. The first-order valence-corrected chi connectivity index (χ1v) is 12.8. The smallest absolute Gasteiger partial charge is 0.379 e. The highest BCUT2D eigenvalue weighted by Gasteiger charge is 2.20. The minimum atomic E-state index is -0.638. The van der Waals surface area contributed by atoms with Crippen molar-refractivity contribution in [2.75, 3.05) is 13.2 Å². The number of carbonyl (C=O) groups excluding carboxylic acids is 2. The van der Waals surface area contributed by atoms with E-state index in [4.69, 9.17) is 18.6 Å². The van der Waals surface area contributed by atoms with Crippen molar-refractivity contribution >= 4 is 29.0 Å². The van der Waals surface area contributed by atoms with Crippen LogP contribution in [-0.4, -0.2) is 36.3 Å². The lowest BCUT2D eigenvalue weighted by atomic mass is 10.0. The van der Waals surface area contributed by atoms with Gasteiger partial charge in [0.2, 0.25) is 5.76 Å². The largest absolute Gasteiger partial charge is 0.494 e. The number of hydrazone groups is 1. The number of hydrogen-bond donors (Lipinski definition) is 2. The lowest BCUT2D eigenvalue weighted by Gasteiger charge is -2.10. The Balaban J connectivity index is 1.38. The minimum Gasteiger partial charge on any atom is -0.494 e. The van der Waals surface area contributed by atoms with Crippen LogP contribution >= 0.6 is 0 Å². The van der Waals surface area contributed by atoms with Crippen LogP contribution in [0.3, 0.4) is 0 Å². The molecule has 40 heavy (non-hydrogen) atoms. The van der Waals surface area contributed by atoms with Crippen LogP contribution < -0.4 is 19.6 Å². The normalized spacial score (nSPS) is 11.1. The Morgan fingerprint density at radius 1 is 0.925 bits per heavy atom. The fraction of sp³-hybridized carbons (Fsp3) is 0.129. The highest BCUT2D eigenvalue weighted by Crippen LogP contribution is 2.35. The van der Waals surface area contributed by atoms with Crippen LogP contribution in [0.15, 0.2) is 94.6 Å². The number of benzene rings is 3. The van der Waals surface area contributed by atoms with Crippen molar-refractivity contribution < 1.29 is 28.2 Å². The topological polar surface area (TPSA) is 115 Å². The van der Waals surface area contributed by atoms with Crippen LogP contribution in [0.4, 0.5) is 0 Å². The first kappa shape index (κ1) is 26.3. The molecule has 2 N–H and O–H groups in total. The highest BCUT2D eigenvalue weighted by atomic mass is 16.6. The van der Waals surface area contributed by atoms with Crippen molar-refractivity contribution in [3.63, 3.8) is 0 Å². The van der Waals surface area contributed by atoms with Gasteiger partial charge in [-0.05, 0) is 73.5 Å². The maximum absolute atomic E-state index is 13.3. The Bertz CT molecular complexity index is 1660. The average molecular weight is 538 g/mol. The summed E-state index contributed by atoms with van der Waals surface area (Å²) in [6.07, 6.45) is 2.88. The number of hydrogen-bond acceptors (Lipinski definition) is 7. The SMILES string of the molecule is CCOc1ccc2[nH]c(C(=O)NN=Cc3ccc(OC(=O)c4ccco4)c(OCC)c3)c(-c3ccccc3)c2c1. The maximum Gasteiger partial charge on any atom is 0.379 e. The van der Waals surface area contributed by atoms with Crippen LogP contribution in [0.5, 0.6) is 17.2 Å². The van der Waals surface area contributed by atoms with E-state index in [1.54, 1.807) is 24.3 Å². The second kappa shape index (κ2) is 12.0. The summed E-state index contributed by atoms with van der Waals surface area (Å²) in [7, 11) is 0. The predicted octanol–water partition coefficient (Wildman–Crippen LogP) is 6.21. The van der Waals surface area contributed by atoms with Gasteiger partial charge in [0.15, 0.2) is 11.5 Å². The zero-order valence-electron chi connectivity index (χ0n) is 22.0. The second-order valence-electron chi connectivity index (χ2n) is 8.59. The van der Waals surface area contributed by atoms with Crippen molar-refractivity contribution in [3.05, 3.63) is 102 Å². The van der Waals surface area contributed by atoms with Crippen LogP contribution in [0.1, 0.15) is 40.5 Å². The summed E-state index contributed by atoms with van der Waals surface area (Å²) < 4.78 is 21.8. The predicted molar refractivity (Wildman–Crippen MR) is 151 cm³/mol. The number of H-pyrrole nitrogens is 1. The highest BCUT2D eigenvalue weighted by molar-refractivity contribution is 6.10. The van der Waals surface area contributed by atoms with Gasteiger partial charge in [-0.25, -0.2) is 10.2 Å². The summed E-state index contributed by atoms with van der Waals surface area (Å²) in [6.45, 7) is 4.64. The molecule has 2 aromatic heterocycles. The van der Waals surface area contributed by atoms with Gasteiger partial charge in [-0.15, -0.1) is 0 Å². The first-order chi connectivity index (χ1) is 19.6. The molecule has 0 unspecified atom stereocenters. The first-order valence-electron chi connectivity index (χ1n) is 12.8. The zero-order valence-corrected chi connectivity index (χ0v) is 22.0. The van der Waals surface area contributed by atoms with E-state index in [1.165, 1.54) is 18.5 Å². The van der Waals surface area contributed by atoms with E-state index in [9.17, 15) is 9.59 Å². The Morgan fingerprint density at radius 2 is 1.75 bits per heavy atom. The molecule has 0 spiro atoms. The average Bonchev–Trinajstić information content (AvgIpc) is 3.64. The summed E-state index contributed by atoms with van der Waals surface area (Å²) in [6, 6.07) is 23.4. The van der Waals surface area contributed by atoms with Crippen molar-refractivity contribution in [1.29, 1.82) is 0 Å². The summed E-state index contributed by atoms with van der Waals surface area (Å²) >= 11 is 0. The van der Waals surface area contributed by atoms with E-state index in [1.807, 2.05) is 62.4 Å². The number of aromatic amines is 1. The van der Waals surface area contributed by atoms with Crippen LogP contribution in [0.25, 0.3) is 22.0 Å². The Kier molecular flexibility index (Phi) is 7.92. The molecule has 0 aliphatic heterocycles. The molecule has 9 nitrogen and oxygen atoms in total. The van der Waals surface area contributed by atoms with Crippen molar-refractivity contribution in [2.24, 2.45) is 5.10 Å². The van der Waals surface area contributed by atoms with Crippen molar-refractivity contribution in [2.45, 2.75) is 13.8 Å². The fourth-order valence-electron chi connectivity index (χ4n) is 4.23. The molecule has 0 saturated carbocycles. The van der Waals surface area contributed by atoms with Gasteiger partial charge < -0.3 is 23.6 Å². The lowest BCUT2D eigenvalue weighted by molar-refractivity contribution is 0.0695. The van der Waals surface area contributed by atoms with E-state index in [-0.39, 0.29) is 11.5 Å². The van der Waals surface area contributed by atoms with Gasteiger partial charge in [-0.3, -0.25) is 4.79 Å². The number of furan rings is 1. The number of carbonyl (C=O) groups is 2. The molecule has 5 aromatic rings. The molecule has 9 heteroatoms. The molecule has 0 saturated heterocycles. The van der Waals surface area contributed by atoms with E-state index in [0.717, 1.165) is 27.8 Å². The van der Waals surface area contributed by atoms with Gasteiger partial charge in [-0.2, -0.15) is 5.10 Å². The maximum atomic E-state index is 13.3. The Labute approximate surface area is 230 Å². The van der Waals surface area contributed by atoms with Crippen LogP contribution in [-0.2, 0) is 0 Å². The third-order valence-corrected chi connectivity index (χ3v) is 5.94. The summed E-state index contributed by atoms with van der Waals surface area (Å²) in [5.74, 6) is 0.348. The molecule has 0 radical (unpaired) electrons. The number of fused-ring (bicyclic) bond motifs is 1. The number of nitrogens with zero attached hydrogens (tertiary/aromatic N) is 1. The van der Waals surface area contributed by atoms with E-state index in [2.05, 4.69) is 15.5 Å². The van der Waals surface area contributed by atoms with Gasteiger partial charge in [0.05, 0.1) is 25.7 Å². The molecule has 3 aromatic carbocycles. The summed E-state index contributed by atoms with van der Waals surface area (Å²) in [4.78, 5) is 28.8. The summed E-state index contributed by atoms with van der Waals surface area (Å²) in [5, 5.41) is 5.02. The quantitative estimate of drug-likeness (QED) is 0.0948. The van der Waals surface area contributed by atoms with Gasteiger partial charge in [0.1, 0.15) is 11.4 Å². The molecule has 202 valence electrons. The monoisotopic (exact) mass is 537 g/mol. The molecule has 0 fully saturated rings. The Morgan fingerprint density at radius 3 is 2.50 bits per heavy atom. The molecule has 0 aliphatic carbocycles.